The van der Waals surface area contributed by atoms with Crippen molar-refractivity contribution < 1.29 is 14.3 Å². The number of aliphatic carboxylic acids is 1. The van der Waals surface area contributed by atoms with Gasteiger partial charge in [0.25, 0.3) is 0 Å². The van der Waals surface area contributed by atoms with Crippen LogP contribution in [-0.4, -0.2) is 69.4 Å². The normalized spacial score (nSPS) is 23.1. The van der Waals surface area contributed by atoms with Gasteiger partial charge in [-0.3, -0.25) is 14.4 Å². The number of likely N-dealkylation sites (N-methyl/N-ethyl adjacent to an activating group) is 1. The Morgan fingerprint density at radius 1 is 1.07 bits per heavy atom. The minimum atomic E-state index is -0.747. The van der Waals surface area contributed by atoms with Crippen molar-refractivity contribution in [2.45, 2.75) is 89.8 Å². The summed E-state index contributed by atoms with van der Waals surface area (Å²) in [5.74, 6) is 0.198. The molecule has 1 aliphatic carbocycles. The predicted octanol–water partition coefficient (Wildman–Crippen LogP) is 6.81. The average molecular weight is 589 g/mol. The van der Waals surface area contributed by atoms with E-state index in [9.17, 15) is 14.3 Å². The standard InChI is InChI=1S/C36H49FN4O2/c1-5-25(3)35(36(42)43)39(4)32-21-29(33(23-32)28-13-10-14-30(37)20-28)24-40-17-15-27(16-18-40)34-22-31(38-41(34)6-2)19-26-11-8-7-9-12-26/h7-14,20,22,25,27,29,32-33,35H,5-6,15-19,21,23-24H2,1-4H3,(H,42,43)/t25-,29+,32-,33+,35+/m0/s1. The molecule has 0 radical (unpaired) electrons. The lowest BCUT2D eigenvalue weighted by Crippen LogP contribution is -2.47. The number of rotatable bonds is 12. The molecule has 5 atom stereocenters. The molecule has 7 heteroatoms. The van der Waals surface area contributed by atoms with Gasteiger partial charge >= 0.3 is 5.97 Å². The van der Waals surface area contributed by atoms with Crippen molar-refractivity contribution in [2.75, 3.05) is 26.7 Å². The maximum Gasteiger partial charge on any atom is 0.321 e. The molecular formula is C36H49FN4O2. The van der Waals surface area contributed by atoms with E-state index in [4.69, 9.17) is 5.10 Å². The molecule has 0 unspecified atom stereocenters. The zero-order valence-corrected chi connectivity index (χ0v) is 26.3. The first-order chi connectivity index (χ1) is 20.8. The zero-order chi connectivity index (χ0) is 30.5. The number of likely N-dealkylation sites (tertiary alicyclic amines) is 1. The van der Waals surface area contributed by atoms with Crippen molar-refractivity contribution in [3.05, 3.63) is 89.0 Å². The van der Waals surface area contributed by atoms with Crippen LogP contribution in [0.5, 0.6) is 0 Å². The second-order valence-electron chi connectivity index (χ2n) is 13.0. The van der Waals surface area contributed by atoms with Crippen LogP contribution in [0, 0.1) is 17.7 Å². The first-order valence-electron chi connectivity index (χ1n) is 16.3. The van der Waals surface area contributed by atoms with Gasteiger partial charge in [0.15, 0.2) is 0 Å². The third-order valence-electron chi connectivity index (χ3n) is 10.3. The summed E-state index contributed by atoms with van der Waals surface area (Å²) in [6.45, 7) is 10.2. The lowest BCUT2D eigenvalue weighted by molar-refractivity contribution is -0.145. The summed E-state index contributed by atoms with van der Waals surface area (Å²) >= 11 is 0. The maximum atomic E-state index is 14.3. The average Bonchev–Trinajstić information content (AvgIpc) is 3.62. The van der Waals surface area contributed by atoms with Crippen molar-refractivity contribution in [1.82, 2.24) is 19.6 Å². The van der Waals surface area contributed by atoms with E-state index >= 15 is 0 Å². The van der Waals surface area contributed by atoms with E-state index in [2.05, 4.69) is 70.8 Å². The molecule has 1 aromatic heterocycles. The summed E-state index contributed by atoms with van der Waals surface area (Å²) in [7, 11) is 1.98. The Labute approximate surface area is 256 Å². The fraction of sp³-hybridized carbons (Fsp3) is 0.556. The Balaban J connectivity index is 1.26. The topological polar surface area (TPSA) is 61.6 Å². The largest absolute Gasteiger partial charge is 0.480 e. The summed E-state index contributed by atoms with van der Waals surface area (Å²) in [4.78, 5) is 17.0. The Bertz CT molecular complexity index is 1340. The third kappa shape index (κ3) is 7.38. The van der Waals surface area contributed by atoms with E-state index in [0.717, 1.165) is 76.0 Å². The third-order valence-corrected chi connectivity index (χ3v) is 10.3. The van der Waals surface area contributed by atoms with Crippen LogP contribution in [0.3, 0.4) is 0 Å². The van der Waals surface area contributed by atoms with Crippen LogP contribution < -0.4 is 0 Å². The number of carboxylic acids is 1. The summed E-state index contributed by atoms with van der Waals surface area (Å²) in [6.07, 6.45) is 5.69. The van der Waals surface area contributed by atoms with E-state index in [1.54, 1.807) is 6.07 Å². The molecule has 3 aromatic rings. The van der Waals surface area contributed by atoms with E-state index in [0.29, 0.717) is 11.8 Å². The Morgan fingerprint density at radius 3 is 2.47 bits per heavy atom. The van der Waals surface area contributed by atoms with Gasteiger partial charge in [0.1, 0.15) is 11.9 Å². The van der Waals surface area contributed by atoms with Gasteiger partial charge in [-0.15, -0.1) is 0 Å². The van der Waals surface area contributed by atoms with Crippen molar-refractivity contribution in [1.29, 1.82) is 0 Å². The highest BCUT2D eigenvalue weighted by Crippen LogP contribution is 2.44. The molecule has 1 aliphatic heterocycles. The molecule has 1 saturated heterocycles. The zero-order valence-electron chi connectivity index (χ0n) is 26.3. The van der Waals surface area contributed by atoms with Gasteiger partial charge in [0, 0.05) is 37.2 Å². The second-order valence-corrected chi connectivity index (χ2v) is 13.0. The molecule has 0 amide bonds. The number of carbonyl (C=O) groups is 1. The predicted molar refractivity (Wildman–Crippen MR) is 170 cm³/mol. The van der Waals surface area contributed by atoms with Gasteiger partial charge in [-0.05, 0) is 99.8 Å². The summed E-state index contributed by atoms with van der Waals surface area (Å²) in [5, 5.41) is 15.0. The Kier molecular flexibility index (Phi) is 10.3. The number of piperidine rings is 1. The number of nitrogens with zero attached hydrogens (tertiary/aromatic N) is 4. The maximum absolute atomic E-state index is 14.3. The second kappa shape index (κ2) is 14.2. The molecule has 232 valence electrons. The van der Waals surface area contributed by atoms with Crippen LogP contribution in [-0.2, 0) is 17.8 Å². The first kappa shape index (κ1) is 31.4. The van der Waals surface area contributed by atoms with Crippen LogP contribution in [0.25, 0.3) is 0 Å². The molecule has 5 rings (SSSR count). The minimum absolute atomic E-state index is 0.0676. The number of hydrogen-bond acceptors (Lipinski definition) is 4. The molecule has 1 N–H and O–H groups in total. The quantitative estimate of drug-likeness (QED) is 0.252. The fourth-order valence-corrected chi connectivity index (χ4v) is 7.75. The first-order valence-corrected chi connectivity index (χ1v) is 16.3. The van der Waals surface area contributed by atoms with Crippen LogP contribution in [0.15, 0.2) is 60.7 Å². The Hall–Kier alpha value is -3.03. The number of halogens is 1. The highest BCUT2D eigenvalue weighted by molar-refractivity contribution is 5.73. The molecule has 43 heavy (non-hydrogen) atoms. The summed E-state index contributed by atoms with van der Waals surface area (Å²) in [5.41, 5.74) is 4.83. The number of aryl methyl sites for hydroxylation is 1. The number of hydrogen-bond donors (Lipinski definition) is 1. The molecule has 2 aromatic carbocycles. The molecule has 0 spiro atoms. The SMILES string of the molecule is CC[C@H](C)[C@H](C(=O)O)N(C)[C@H]1C[C@H](CN2CCC(c3cc(Cc4ccccc4)nn3CC)CC2)[C@@H](c2cccc(F)c2)C1. The summed E-state index contributed by atoms with van der Waals surface area (Å²) < 4.78 is 16.5. The smallest absolute Gasteiger partial charge is 0.321 e. The molecule has 2 heterocycles. The van der Waals surface area contributed by atoms with Gasteiger partial charge in [-0.25, -0.2) is 4.39 Å². The number of benzene rings is 2. The van der Waals surface area contributed by atoms with E-state index in [-0.39, 0.29) is 23.7 Å². The lowest BCUT2D eigenvalue weighted by atomic mass is 9.87. The highest BCUT2D eigenvalue weighted by Gasteiger charge is 2.42. The van der Waals surface area contributed by atoms with Crippen molar-refractivity contribution in [3.8, 4) is 0 Å². The molecule has 1 saturated carbocycles. The van der Waals surface area contributed by atoms with Gasteiger partial charge < -0.3 is 10.0 Å². The van der Waals surface area contributed by atoms with E-state index < -0.39 is 12.0 Å². The molecule has 2 aliphatic rings. The van der Waals surface area contributed by atoms with Crippen molar-refractivity contribution >= 4 is 5.97 Å². The van der Waals surface area contributed by atoms with Crippen LogP contribution >= 0.6 is 0 Å². The highest BCUT2D eigenvalue weighted by atomic mass is 19.1. The summed E-state index contributed by atoms with van der Waals surface area (Å²) in [6, 6.07) is 19.6. The van der Waals surface area contributed by atoms with Gasteiger partial charge in [0.05, 0.1) is 5.69 Å². The van der Waals surface area contributed by atoms with Crippen LogP contribution in [0.1, 0.15) is 87.2 Å². The van der Waals surface area contributed by atoms with Gasteiger partial charge in [-0.1, -0.05) is 62.7 Å². The number of aromatic nitrogens is 2. The Morgan fingerprint density at radius 2 is 1.81 bits per heavy atom. The monoisotopic (exact) mass is 588 g/mol. The number of carboxylic acid groups (broad SMARTS) is 1. The van der Waals surface area contributed by atoms with Crippen molar-refractivity contribution in [2.24, 2.45) is 11.8 Å². The molecule has 6 nitrogen and oxygen atoms in total. The molecular weight excluding hydrogens is 539 g/mol. The van der Waals surface area contributed by atoms with Crippen molar-refractivity contribution in [3.63, 3.8) is 0 Å². The van der Waals surface area contributed by atoms with E-state index in [1.165, 1.54) is 17.3 Å². The van der Waals surface area contributed by atoms with Gasteiger partial charge in [0.2, 0.25) is 0 Å². The van der Waals surface area contributed by atoms with Crippen LogP contribution in [0.2, 0.25) is 0 Å². The van der Waals surface area contributed by atoms with E-state index in [1.807, 2.05) is 20.0 Å². The molecule has 2 fully saturated rings. The lowest BCUT2D eigenvalue weighted by Gasteiger charge is -2.35. The fourth-order valence-electron chi connectivity index (χ4n) is 7.75. The molecule has 0 bridgehead atoms. The minimum Gasteiger partial charge on any atom is -0.480 e. The van der Waals surface area contributed by atoms with Gasteiger partial charge in [-0.2, -0.15) is 5.10 Å². The van der Waals surface area contributed by atoms with Crippen LogP contribution in [0.4, 0.5) is 4.39 Å².